The highest BCUT2D eigenvalue weighted by molar-refractivity contribution is 9.10. The molecule has 21 heavy (non-hydrogen) atoms. The lowest BCUT2D eigenvalue weighted by Crippen LogP contribution is -2.16. The summed E-state index contributed by atoms with van der Waals surface area (Å²) in [5.74, 6) is 0.729. The molecular formula is C16H21BrO4. The van der Waals surface area contributed by atoms with Crippen LogP contribution in [0.25, 0.3) is 0 Å². The minimum Gasteiger partial charge on any atom is -0.490 e. The van der Waals surface area contributed by atoms with E-state index in [1.54, 1.807) is 18.2 Å². The van der Waals surface area contributed by atoms with E-state index in [9.17, 15) is 4.79 Å². The summed E-state index contributed by atoms with van der Waals surface area (Å²) < 4.78 is 17.2. The van der Waals surface area contributed by atoms with Gasteiger partial charge in [0.15, 0.2) is 0 Å². The number of ether oxygens (including phenoxy) is 3. The molecule has 0 amide bonds. The third kappa shape index (κ3) is 5.00. The molecule has 1 atom stereocenters. The van der Waals surface area contributed by atoms with Crippen molar-refractivity contribution in [3.05, 3.63) is 28.2 Å². The van der Waals surface area contributed by atoms with Gasteiger partial charge in [-0.2, -0.15) is 0 Å². The molecule has 0 aromatic heterocycles. The van der Waals surface area contributed by atoms with Crippen LogP contribution in [0.15, 0.2) is 22.7 Å². The van der Waals surface area contributed by atoms with E-state index in [4.69, 9.17) is 14.2 Å². The molecule has 1 aromatic carbocycles. The van der Waals surface area contributed by atoms with Gasteiger partial charge in [-0.15, -0.1) is 0 Å². The van der Waals surface area contributed by atoms with Gasteiger partial charge in [-0.3, -0.25) is 0 Å². The Bertz CT molecular complexity index is 481. The molecule has 1 saturated heterocycles. The Kier molecular flexibility index (Phi) is 6.06. The molecule has 0 saturated carbocycles. The number of benzene rings is 1. The summed E-state index contributed by atoms with van der Waals surface area (Å²) in [6.45, 7) is 5.79. The number of esters is 1. The monoisotopic (exact) mass is 356 g/mol. The normalized spacial score (nSPS) is 18.0. The highest BCUT2D eigenvalue weighted by Crippen LogP contribution is 2.27. The smallest absolute Gasteiger partial charge is 0.338 e. The molecule has 1 heterocycles. The molecule has 1 aliphatic heterocycles. The predicted molar refractivity (Wildman–Crippen MR) is 83.7 cm³/mol. The minimum absolute atomic E-state index is 0.174. The van der Waals surface area contributed by atoms with Gasteiger partial charge in [0.2, 0.25) is 0 Å². The average molecular weight is 357 g/mol. The van der Waals surface area contributed by atoms with Gasteiger partial charge in [0, 0.05) is 6.61 Å². The van der Waals surface area contributed by atoms with Crippen LogP contribution in [0.2, 0.25) is 0 Å². The molecule has 0 aliphatic carbocycles. The lowest BCUT2D eigenvalue weighted by Gasteiger charge is -2.13. The third-order valence-corrected chi connectivity index (χ3v) is 3.78. The van der Waals surface area contributed by atoms with Crippen molar-refractivity contribution in [2.45, 2.75) is 32.8 Å². The molecule has 1 unspecified atom stereocenters. The molecule has 0 N–H and O–H groups in total. The summed E-state index contributed by atoms with van der Waals surface area (Å²) in [5.41, 5.74) is 0.520. The van der Waals surface area contributed by atoms with Crippen LogP contribution >= 0.6 is 15.9 Å². The van der Waals surface area contributed by atoms with Gasteiger partial charge in [0.25, 0.3) is 0 Å². The first-order valence-electron chi connectivity index (χ1n) is 7.27. The van der Waals surface area contributed by atoms with E-state index in [1.165, 1.54) is 0 Å². The van der Waals surface area contributed by atoms with Crippen LogP contribution < -0.4 is 4.74 Å². The van der Waals surface area contributed by atoms with Crippen LogP contribution in [0.3, 0.4) is 0 Å². The van der Waals surface area contributed by atoms with E-state index in [0.29, 0.717) is 30.4 Å². The van der Waals surface area contributed by atoms with Gasteiger partial charge in [-0.1, -0.05) is 13.8 Å². The largest absolute Gasteiger partial charge is 0.490 e. The van der Waals surface area contributed by atoms with E-state index >= 15 is 0 Å². The van der Waals surface area contributed by atoms with Gasteiger partial charge in [-0.05, 0) is 52.9 Å². The third-order valence-electron chi connectivity index (χ3n) is 3.16. The fraction of sp³-hybridized carbons (Fsp3) is 0.562. The topological polar surface area (TPSA) is 44.8 Å². The van der Waals surface area contributed by atoms with Gasteiger partial charge in [0.05, 0.1) is 22.7 Å². The van der Waals surface area contributed by atoms with E-state index in [2.05, 4.69) is 15.9 Å². The van der Waals surface area contributed by atoms with Crippen LogP contribution in [-0.2, 0) is 9.47 Å². The van der Waals surface area contributed by atoms with Gasteiger partial charge in [-0.25, -0.2) is 4.79 Å². The van der Waals surface area contributed by atoms with Crippen LogP contribution in [0.4, 0.5) is 0 Å². The van der Waals surface area contributed by atoms with Crippen molar-refractivity contribution in [1.82, 2.24) is 0 Å². The predicted octanol–water partition coefficient (Wildman–Crippen LogP) is 3.82. The second-order valence-corrected chi connectivity index (χ2v) is 6.44. The first-order chi connectivity index (χ1) is 10.1. The zero-order valence-electron chi connectivity index (χ0n) is 12.4. The van der Waals surface area contributed by atoms with Gasteiger partial charge < -0.3 is 14.2 Å². The summed E-state index contributed by atoms with van der Waals surface area (Å²) >= 11 is 3.43. The maximum absolute atomic E-state index is 11.9. The maximum Gasteiger partial charge on any atom is 0.338 e. The lowest BCUT2D eigenvalue weighted by atomic mass is 10.2. The van der Waals surface area contributed by atoms with Crippen LogP contribution in [0.5, 0.6) is 5.75 Å². The minimum atomic E-state index is -0.310. The number of halogens is 1. The Morgan fingerprint density at radius 2 is 2.29 bits per heavy atom. The summed E-state index contributed by atoms with van der Waals surface area (Å²) in [4.78, 5) is 11.9. The first kappa shape index (κ1) is 16.3. The Morgan fingerprint density at radius 1 is 1.48 bits per heavy atom. The molecule has 1 aliphatic rings. The number of hydrogen-bond donors (Lipinski definition) is 0. The van der Waals surface area contributed by atoms with E-state index in [-0.39, 0.29) is 12.1 Å². The summed E-state index contributed by atoms with van der Waals surface area (Å²) in [7, 11) is 0. The van der Waals surface area contributed by atoms with Crippen molar-refractivity contribution in [2.24, 2.45) is 5.92 Å². The number of carbonyl (C=O) groups excluding carboxylic acids is 1. The fourth-order valence-corrected chi connectivity index (χ4v) is 2.52. The van der Waals surface area contributed by atoms with Crippen molar-refractivity contribution in [3.8, 4) is 5.75 Å². The van der Waals surface area contributed by atoms with E-state index in [0.717, 1.165) is 23.9 Å². The number of rotatable bonds is 6. The van der Waals surface area contributed by atoms with E-state index in [1.807, 2.05) is 13.8 Å². The quantitative estimate of drug-likeness (QED) is 0.726. The molecule has 4 nitrogen and oxygen atoms in total. The van der Waals surface area contributed by atoms with Crippen molar-refractivity contribution in [3.63, 3.8) is 0 Å². The zero-order chi connectivity index (χ0) is 15.2. The van der Waals surface area contributed by atoms with Crippen LogP contribution in [0.1, 0.15) is 37.0 Å². The molecule has 0 spiro atoms. The summed E-state index contributed by atoms with van der Waals surface area (Å²) in [6.07, 6.45) is 2.31. The second kappa shape index (κ2) is 7.80. The number of carbonyl (C=O) groups is 1. The SMILES string of the molecule is CC(C)COC(=O)c1ccc(OCC2CCCO2)c(Br)c1. The van der Waals surface area contributed by atoms with Crippen molar-refractivity contribution in [1.29, 1.82) is 0 Å². The average Bonchev–Trinajstić information content (AvgIpc) is 2.96. The molecule has 0 radical (unpaired) electrons. The van der Waals surface area contributed by atoms with Crippen LogP contribution in [0, 0.1) is 5.92 Å². The summed E-state index contributed by atoms with van der Waals surface area (Å²) in [6, 6.07) is 5.23. The molecule has 1 aromatic rings. The van der Waals surface area contributed by atoms with Crippen molar-refractivity contribution >= 4 is 21.9 Å². The van der Waals surface area contributed by atoms with E-state index < -0.39 is 0 Å². The van der Waals surface area contributed by atoms with Gasteiger partial charge >= 0.3 is 5.97 Å². The molecule has 1 fully saturated rings. The molecule has 5 heteroatoms. The van der Waals surface area contributed by atoms with Crippen molar-refractivity contribution in [2.75, 3.05) is 19.8 Å². The molecule has 116 valence electrons. The molecule has 2 rings (SSSR count). The molecular weight excluding hydrogens is 336 g/mol. The lowest BCUT2D eigenvalue weighted by molar-refractivity contribution is 0.0458. The molecule has 0 bridgehead atoms. The summed E-state index contributed by atoms with van der Waals surface area (Å²) in [5, 5.41) is 0. The first-order valence-corrected chi connectivity index (χ1v) is 8.06. The Hall–Kier alpha value is -1.07. The Labute approximate surface area is 133 Å². The highest BCUT2D eigenvalue weighted by Gasteiger charge is 2.17. The van der Waals surface area contributed by atoms with Gasteiger partial charge in [0.1, 0.15) is 12.4 Å². The Morgan fingerprint density at radius 3 is 2.90 bits per heavy atom. The second-order valence-electron chi connectivity index (χ2n) is 5.58. The van der Waals surface area contributed by atoms with Crippen molar-refractivity contribution < 1.29 is 19.0 Å². The number of hydrogen-bond acceptors (Lipinski definition) is 4. The standard InChI is InChI=1S/C16H21BrO4/c1-11(2)9-21-16(18)12-5-6-15(14(17)8-12)20-10-13-4-3-7-19-13/h5-6,8,11,13H,3-4,7,9-10H2,1-2H3. The van der Waals surface area contributed by atoms with Crippen LogP contribution in [-0.4, -0.2) is 31.9 Å². The fourth-order valence-electron chi connectivity index (χ4n) is 2.03. The highest BCUT2D eigenvalue weighted by atomic mass is 79.9. The Balaban J connectivity index is 1.91. The maximum atomic E-state index is 11.9. The zero-order valence-corrected chi connectivity index (χ0v) is 14.0.